The summed E-state index contributed by atoms with van der Waals surface area (Å²) in [4.78, 5) is 25.3. The zero-order valence-electron chi connectivity index (χ0n) is 16.9. The number of nitrogens with one attached hydrogen (secondary N) is 2. The molecule has 4 rings (SSSR count). The number of carbonyl (C=O) groups is 2. The number of methoxy groups -OCH3 is 1. The number of benzene rings is 2. The van der Waals surface area contributed by atoms with Crippen LogP contribution in [0.2, 0.25) is 5.02 Å². The quantitative estimate of drug-likeness (QED) is 0.591. The van der Waals surface area contributed by atoms with Crippen molar-refractivity contribution in [1.82, 2.24) is 9.78 Å². The van der Waals surface area contributed by atoms with Crippen LogP contribution in [-0.2, 0) is 16.0 Å². The lowest BCUT2D eigenvalue weighted by atomic mass is 10.0. The molecular weight excluding hydrogens is 423 g/mol. The lowest BCUT2D eigenvalue weighted by molar-refractivity contribution is -0.123. The molecule has 0 radical (unpaired) electrons. The number of hydrogen-bond acceptors (Lipinski definition) is 4. The molecule has 160 valence electrons. The molecule has 2 heterocycles. The van der Waals surface area contributed by atoms with E-state index < -0.39 is 6.04 Å². The van der Waals surface area contributed by atoms with Gasteiger partial charge in [0, 0.05) is 10.6 Å². The van der Waals surface area contributed by atoms with Gasteiger partial charge in [0.1, 0.15) is 23.4 Å². The first-order valence-electron chi connectivity index (χ1n) is 9.72. The third-order valence-corrected chi connectivity index (χ3v) is 5.34. The molecule has 0 aliphatic carbocycles. The van der Waals surface area contributed by atoms with E-state index in [-0.39, 0.29) is 24.1 Å². The van der Waals surface area contributed by atoms with Gasteiger partial charge in [0.15, 0.2) is 0 Å². The van der Waals surface area contributed by atoms with Crippen molar-refractivity contribution in [3.05, 3.63) is 59.0 Å². The Kier molecular flexibility index (Phi) is 5.65. The van der Waals surface area contributed by atoms with Gasteiger partial charge in [0.2, 0.25) is 5.91 Å². The molecule has 1 atom stereocenters. The Hall–Kier alpha value is -3.39. The number of nitrogens with zero attached hydrogens (tertiary/aromatic N) is 2. The van der Waals surface area contributed by atoms with Crippen LogP contribution in [0.4, 0.5) is 15.9 Å². The van der Waals surface area contributed by atoms with Gasteiger partial charge in [-0.25, -0.2) is 9.07 Å². The molecule has 0 fully saturated rings. The molecule has 0 spiro atoms. The zero-order valence-corrected chi connectivity index (χ0v) is 17.7. The number of carbonyl (C=O) groups excluding carboxylic acids is 2. The Morgan fingerprint density at radius 3 is 2.71 bits per heavy atom. The molecule has 1 aliphatic rings. The topological polar surface area (TPSA) is 85.2 Å². The summed E-state index contributed by atoms with van der Waals surface area (Å²) < 4.78 is 20.1. The number of ether oxygens (including phenoxy) is 1. The van der Waals surface area contributed by atoms with Gasteiger partial charge < -0.3 is 15.4 Å². The summed E-state index contributed by atoms with van der Waals surface area (Å²) in [5, 5.41) is 10.6. The second kappa shape index (κ2) is 8.39. The van der Waals surface area contributed by atoms with Crippen molar-refractivity contribution < 1.29 is 18.7 Å². The van der Waals surface area contributed by atoms with Gasteiger partial charge in [-0.05, 0) is 42.3 Å². The summed E-state index contributed by atoms with van der Waals surface area (Å²) in [6.07, 6.45) is 0.489. The Labute approximate surface area is 183 Å². The van der Waals surface area contributed by atoms with Crippen LogP contribution in [0.25, 0.3) is 11.1 Å². The SMILES string of the molecule is CCc1nn2c(c1-c1ccc(F)cc1)NC(=O)C2CC(=O)Nc1cc(Cl)ccc1OC. The fraction of sp³-hybridized carbons (Fsp3) is 0.227. The highest BCUT2D eigenvalue weighted by Gasteiger charge is 2.36. The molecule has 0 bridgehead atoms. The van der Waals surface area contributed by atoms with Crippen LogP contribution in [0.5, 0.6) is 5.75 Å². The normalized spacial score (nSPS) is 14.8. The van der Waals surface area contributed by atoms with Crippen LogP contribution in [0.15, 0.2) is 42.5 Å². The fourth-order valence-electron chi connectivity index (χ4n) is 3.64. The number of aryl methyl sites for hydroxylation is 1. The molecule has 1 aromatic heterocycles. The number of amides is 2. The molecule has 1 unspecified atom stereocenters. The monoisotopic (exact) mass is 442 g/mol. The third-order valence-electron chi connectivity index (χ3n) is 5.10. The number of hydrogen-bond donors (Lipinski definition) is 2. The summed E-state index contributed by atoms with van der Waals surface area (Å²) >= 11 is 6.01. The number of aromatic nitrogens is 2. The summed E-state index contributed by atoms with van der Waals surface area (Å²) in [5.74, 6) is -0.0975. The number of anilines is 2. The van der Waals surface area contributed by atoms with Gasteiger partial charge in [-0.15, -0.1) is 0 Å². The van der Waals surface area contributed by atoms with Crippen molar-refractivity contribution in [2.24, 2.45) is 0 Å². The molecule has 2 amide bonds. The summed E-state index contributed by atoms with van der Waals surface area (Å²) in [6, 6.07) is 10.1. The van der Waals surface area contributed by atoms with Gasteiger partial charge in [0.05, 0.1) is 24.9 Å². The first-order chi connectivity index (χ1) is 14.9. The fourth-order valence-corrected chi connectivity index (χ4v) is 3.81. The summed E-state index contributed by atoms with van der Waals surface area (Å²) in [7, 11) is 1.49. The van der Waals surface area contributed by atoms with Gasteiger partial charge in [-0.3, -0.25) is 9.59 Å². The zero-order chi connectivity index (χ0) is 22.1. The second-order valence-corrected chi connectivity index (χ2v) is 7.51. The van der Waals surface area contributed by atoms with Crippen molar-refractivity contribution in [1.29, 1.82) is 0 Å². The minimum Gasteiger partial charge on any atom is -0.495 e. The number of fused-ring (bicyclic) bond motifs is 1. The van der Waals surface area contributed by atoms with E-state index in [1.807, 2.05) is 6.92 Å². The molecule has 2 N–H and O–H groups in total. The van der Waals surface area contributed by atoms with E-state index in [1.165, 1.54) is 23.9 Å². The average molecular weight is 443 g/mol. The largest absolute Gasteiger partial charge is 0.495 e. The van der Waals surface area contributed by atoms with E-state index in [4.69, 9.17) is 16.3 Å². The van der Waals surface area contributed by atoms with Gasteiger partial charge >= 0.3 is 0 Å². The highest BCUT2D eigenvalue weighted by molar-refractivity contribution is 6.31. The lowest BCUT2D eigenvalue weighted by Gasteiger charge is -2.13. The maximum atomic E-state index is 13.4. The molecule has 31 heavy (non-hydrogen) atoms. The highest BCUT2D eigenvalue weighted by atomic mass is 35.5. The van der Waals surface area contributed by atoms with Crippen LogP contribution in [0, 0.1) is 5.82 Å². The molecular formula is C22H20ClFN4O3. The van der Waals surface area contributed by atoms with Gasteiger partial charge in [0.25, 0.3) is 5.91 Å². The average Bonchev–Trinajstić information content (AvgIpc) is 3.24. The smallest absolute Gasteiger partial charge is 0.251 e. The number of rotatable bonds is 6. The third kappa shape index (κ3) is 3.98. The second-order valence-electron chi connectivity index (χ2n) is 7.08. The Bertz CT molecular complexity index is 1160. The Morgan fingerprint density at radius 1 is 1.29 bits per heavy atom. The minimum atomic E-state index is -0.806. The molecule has 1 aliphatic heterocycles. The van der Waals surface area contributed by atoms with Crippen molar-refractivity contribution in [3.8, 4) is 16.9 Å². The van der Waals surface area contributed by atoms with Gasteiger partial charge in [-0.2, -0.15) is 5.10 Å². The predicted octanol–water partition coefficient (Wildman–Crippen LogP) is 4.44. The summed E-state index contributed by atoms with van der Waals surface area (Å²) in [6.45, 7) is 1.94. The molecule has 3 aromatic rings. The molecule has 7 nitrogen and oxygen atoms in total. The van der Waals surface area contributed by atoms with Crippen LogP contribution in [0.3, 0.4) is 0 Å². The van der Waals surface area contributed by atoms with Crippen LogP contribution in [-0.4, -0.2) is 28.7 Å². The molecule has 0 saturated carbocycles. The standard InChI is InChI=1S/C22H20ClFN4O3/c1-3-15-20(12-4-7-14(24)8-5-12)21-26-22(30)17(28(21)27-15)11-19(29)25-16-10-13(23)6-9-18(16)31-2/h4-10,17H,3,11H2,1-2H3,(H,25,29)(H,26,30). The van der Waals surface area contributed by atoms with Gasteiger partial charge in [-0.1, -0.05) is 30.7 Å². The molecule has 0 saturated heterocycles. The molecule has 9 heteroatoms. The van der Waals surface area contributed by atoms with Crippen LogP contribution >= 0.6 is 11.6 Å². The lowest BCUT2D eigenvalue weighted by Crippen LogP contribution is -2.24. The van der Waals surface area contributed by atoms with Crippen molar-refractivity contribution in [2.45, 2.75) is 25.8 Å². The van der Waals surface area contributed by atoms with Crippen LogP contribution < -0.4 is 15.4 Å². The van der Waals surface area contributed by atoms with E-state index in [1.54, 1.807) is 30.3 Å². The van der Waals surface area contributed by atoms with E-state index in [2.05, 4.69) is 15.7 Å². The van der Waals surface area contributed by atoms with Crippen LogP contribution in [0.1, 0.15) is 25.1 Å². The highest BCUT2D eigenvalue weighted by Crippen LogP contribution is 2.39. The predicted molar refractivity (Wildman–Crippen MR) is 116 cm³/mol. The van der Waals surface area contributed by atoms with Crippen molar-refractivity contribution >= 4 is 34.9 Å². The van der Waals surface area contributed by atoms with E-state index in [0.717, 1.165) is 16.8 Å². The first-order valence-corrected chi connectivity index (χ1v) is 10.1. The summed E-state index contributed by atoms with van der Waals surface area (Å²) in [5.41, 5.74) is 2.65. The van der Waals surface area contributed by atoms with E-state index >= 15 is 0 Å². The molecule has 2 aromatic carbocycles. The Morgan fingerprint density at radius 2 is 2.03 bits per heavy atom. The maximum Gasteiger partial charge on any atom is 0.251 e. The maximum absolute atomic E-state index is 13.4. The first kappa shape index (κ1) is 20.9. The van der Waals surface area contributed by atoms with Crippen molar-refractivity contribution in [3.63, 3.8) is 0 Å². The minimum absolute atomic E-state index is 0.123. The van der Waals surface area contributed by atoms with E-state index in [9.17, 15) is 14.0 Å². The van der Waals surface area contributed by atoms with E-state index in [0.29, 0.717) is 28.7 Å². The van der Waals surface area contributed by atoms with Crippen molar-refractivity contribution in [2.75, 3.05) is 17.7 Å². The Balaban J connectivity index is 1.61. The number of halogens is 2.